The number of aromatic amines is 1. The van der Waals surface area contributed by atoms with Crippen LogP contribution in [0.5, 0.6) is 0 Å². The minimum Gasteiger partial charge on any atom is -0.378 e. The first-order valence-corrected chi connectivity index (χ1v) is 10.2. The lowest BCUT2D eigenvalue weighted by atomic mass is 10.0. The van der Waals surface area contributed by atoms with Gasteiger partial charge in [0.1, 0.15) is 5.82 Å². The molecular formula is C21H24N6O3. The van der Waals surface area contributed by atoms with E-state index >= 15 is 0 Å². The summed E-state index contributed by atoms with van der Waals surface area (Å²) < 4.78 is 7.38. The van der Waals surface area contributed by atoms with Gasteiger partial charge in [-0.05, 0) is 31.5 Å². The van der Waals surface area contributed by atoms with Crippen molar-refractivity contribution in [2.75, 3.05) is 37.7 Å². The number of aromatic nitrogens is 4. The summed E-state index contributed by atoms with van der Waals surface area (Å²) in [5, 5.41) is 0. The number of aryl methyl sites for hydroxylation is 2. The number of morpholine rings is 1. The van der Waals surface area contributed by atoms with Crippen LogP contribution < -0.4 is 10.5 Å². The first-order valence-electron chi connectivity index (χ1n) is 10.2. The van der Waals surface area contributed by atoms with Crippen molar-refractivity contribution < 1.29 is 9.53 Å². The molecule has 1 amide bonds. The zero-order valence-electron chi connectivity index (χ0n) is 17.1. The number of carbonyl (C=O) groups excluding carboxylic acids is 1. The van der Waals surface area contributed by atoms with Gasteiger partial charge in [0.25, 0.3) is 11.5 Å². The normalized spacial score (nSPS) is 16.7. The summed E-state index contributed by atoms with van der Waals surface area (Å²) in [6, 6.07) is 5.61. The van der Waals surface area contributed by atoms with Crippen LogP contribution in [-0.4, -0.2) is 63.2 Å². The van der Waals surface area contributed by atoms with Crippen molar-refractivity contribution in [3.05, 3.63) is 51.2 Å². The fourth-order valence-electron chi connectivity index (χ4n) is 4.16. The van der Waals surface area contributed by atoms with Crippen molar-refractivity contribution in [1.82, 2.24) is 24.4 Å². The van der Waals surface area contributed by atoms with Crippen LogP contribution in [-0.2, 0) is 24.8 Å². The van der Waals surface area contributed by atoms with Crippen LogP contribution >= 0.6 is 0 Å². The van der Waals surface area contributed by atoms with Crippen LogP contribution in [0.3, 0.4) is 0 Å². The highest BCUT2D eigenvalue weighted by atomic mass is 16.5. The van der Waals surface area contributed by atoms with Crippen molar-refractivity contribution in [1.29, 1.82) is 0 Å². The van der Waals surface area contributed by atoms with E-state index in [1.54, 1.807) is 4.90 Å². The smallest absolute Gasteiger partial charge is 0.255 e. The number of nitrogens with zero attached hydrogens (tertiary/aromatic N) is 5. The van der Waals surface area contributed by atoms with E-state index in [9.17, 15) is 9.59 Å². The molecule has 0 saturated carbocycles. The van der Waals surface area contributed by atoms with Crippen molar-refractivity contribution >= 4 is 22.9 Å². The summed E-state index contributed by atoms with van der Waals surface area (Å²) >= 11 is 0. The number of ether oxygens (including phenoxy) is 1. The summed E-state index contributed by atoms with van der Waals surface area (Å²) in [4.78, 5) is 41.7. The fourth-order valence-corrected chi connectivity index (χ4v) is 4.16. The largest absolute Gasteiger partial charge is 0.378 e. The fraction of sp³-hybridized carbons (Fsp3) is 0.429. The number of rotatable bonds is 2. The molecule has 0 aliphatic carbocycles. The molecule has 4 heterocycles. The van der Waals surface area contributed by atoms with Gasteiger partial charge in [0.2, 0.25) is 5.95 Å². The molecule has 1 saturated heterocycles. The number of benzene rings is 1. The summed E-state index contributed by atoms with van der Waals surface area (Å²) in [5.41, 5.74) is 3.64. The first-order chi connectivity index (χ1) is 14.5. The second kappa shape index (κ2) is 7.24. The van der Waals surface area contributed by atoms with Crippen molar-refractivity contribution in [3.63, 3.8) is 0 Å². The maximum absolute atomic E-state index is 13.2. The maximum Gasteiger partial charge on any atom is 0.255 e. The molecule has 0 radical (unpaired) electrons. The van der Waals surface area contributed by atoms with Gasteiger partial charge < -0.3 is 19.1 Å². The monoisotopic (exact) mass is 408 g/mol. The Kier molecular flexibility index (Phi) is 4.54. The lowest BCUT2D eigenvalue weighted by Gasteiger charge is -2.31. The van der Waals surface area contributed by atoms with Gasteiger partial charge in [0.15, 0.2) is 0 Å². The Morgan fingerprint density at radius 3 is 2.77 bits per heavy atom. The predicted molar refractivity (Wildman–Crippen MR) is 112 cm³/mol. The van der Waals surface area contributed by atoms with E-state index in [1.165, 1.54) is 0 Å². The third-order valence-corrected chi connectivity index (χ3v) is 6.01. The molecule has 9 heteroatoms. The van der Waals surface area contributed by atoms with Gasteiger partial charge >= 0.3 is 0 Å². The molecule has 2 aromatic heterocycles. The Morgan fingerprint density at radius 1 is 1.17 bits per heavy atom. The van der Waals surface area contributed by atoms with E-state index in [-0.39, 0.29) is 11.5 Å². The van der Waals surface area contributed by atoms with Crippen molar-refractivity contribution in [2.24, 2.45) is 7.05 Å². The number of hydrogen-bond acceptors (Lipinski definition) is 6. The minimum absolute atomic E-state index is 0.0686. The lowest BCUT2D eigenvalue weighted by Crippen LogP contribution is -2.42. The van der Waals surface area contributed by atoms with E-state index in [4.69, 9.17) is 9.72 Å². The average Bonchev–Trinajstić information content (AvgIpc) is 3.06. The highest BCUT2D eigenvalue weighted by Crippen LogP contribution is 2.21. The molecular weight excluding hydrogens is 384 g/mol. The van der Waals surface area contributed by atoms with Crippen molar-refractivity contribution in [2.45, 2.75) is 19.9 Å². The average molecular weight is 408 g/mol. The van der Waals surface area contributed by atoms with E-state index in [2.05, 4.69) is 9.97 Å². The molecule has 9 nitrogen and oxygen atoms in total. The zero-order chi connectivity index (χ0) is 20.8. The molecule has 3 aromatic rings. The first kappa shape index (κ1) is 18.8. The molecule has 1 N–H and O–H groups in total. The van der Waals surface area contributed by atoms with Gasteiger partial charge in [-0.25, -0.2) is 9.97 Å². The van der Waals surface area contributed by atoms with Crippen LogP contribution in [0.1, 0.15) is 27.4 Å². The van der Waals surface area contributed by atoms with E-state index in [0.717, 1.165) is 16.9 Å². The summed E-state index contributed by atoms with van der Waals surface area (Å²) in [6.07, 6.45) is 0.498. The number of hydrogen-bond donors (Lipinski definition) is 1. The van der Waals surface area contributed by atoms with Gasteiger partial charge in [0, 0.05) is 37.8 Å². The van der Waals surface area contributed by atoms with Crippen molar-refractivity contribution in [3.8, 4) is 0 Å². The van der Waals surface area contributed by atoms with Gasteiger partial charge in [-0.3, -0.25) is 14.6 Å². The molecule has 5 rings (SSSR count). The number of fused-ring (bicyclic) bond motifs is 2. The molecule has 0 atom stereocenters. The highest BCUT2D eigenvalue weighted by molar-refractivity contribution is 5.97. The minimum atomic E-state index is -0.112. The Labute approximate surface area is 173 Å². The second-order valence-corrected chi connectivity index (χ2v) is 7.81. The summed E-state index contributed by atoms with van der Waals surface area (Å²) in [5.74, 6) is 1.39. The topological polar surface area (TPSA) is 96.3 Å². The van der Waals surface area contributed by atoms with Crippen LogP contribution in [0.15, 0.2) is 23.0 Å². The van der Waals surface area contributed by atoms with Crippen LogP contribution in [0.4, 0.5) is 5.95 Å². The molecule has 30 heavy (non-hydrogen) atoms. The number of anilines is 1. The van der Waals surface area contributed by atoms with E-state index < -0.39 is 0 Å². The van der Waals surface area contributed by atoms with E-state index in [0.29, 0.717) is 68.6 Å². The molecule has 0 bridgehead atoms. The maximum atomic E-state index is 13.2. The Balaban J connectivity index is 1.42. The van der Waals surface area contributed by atoms with Gasteiger partial charge in [-0.15, -0.1) is 0 Å². The van der Waals surface area contributed by atoms with Crippen LogP contribution in [0, 0.1) is 6.92 Å². The zero-order valence-corrected chi connectivity index (χ0v) is 17.1. The quantitative estimate of drug-likeness (QED) is 0.680. The Bertz CT molecular complexity index is 1190. The molecule has 2 aliphatic rings. The van der Waals surface area contributed by atoms with Gasteiger partial charge in [-0.2, -0.15) is 0 Å². The molecule has 0 unspecified atom stereocenters. The van der Waals surface area contributed by atoms with Gasteiger partial charge in [0.05, 0.1) is 36.5 Å². The number of nitrogens with one attached hydrogen (secondary N) is 1. The van der Waals surface area contributed by atoms with Crippen LogP contribution in [0.2, 0.25) is 0 Å². The number of amides is 1. The number of carbonyl (C=O) groups is 1. The third kappa shape index (κ3) is 3.15. The van der Waals surface area contributed by atoms with Crippen LogP contribution in [0.25, 0.3) is 11.0 Å². The third-order valence-electron chi connectivity index (χ3n) is 6.01. The highest BCUT2D eigenvalue weighted by Gasteiger charge is 2.26. The molecule has 1 aromatic carbocycles. The van der Waals surface area contributed by atoms with E-state index in [1.807, 2.05) is 41.6 Å². The molecule has 0 spiro atoms. The Hall–Kier alpha value is -3.20. The summed E-state index contributed by atoms with van der Waals surface area (Å²) in [7, 11) is 1.96. The predicted octanol–water partition coefficient (Wildman–Crippen LogP) is 1.00. The number of H-pyrrole nitrogens is 1. The Morgan fingerprint density at radius 2 is 1.97 bits per heavy atom. The lowest BCUT2D eigenvalue weighted by molar-refractivity contribution is 0.0731. The second-order valence-electron chi connectivity index (χ2n) is 7.81. The molecule has 2 aliphatic heterocycles. The summed E-state index contributed by atoms with van der Waals surface area (Å²) in [6.45, 7) is 5.36. The SMILES string of the molecule is Cc1nc2cc(C(=O)N3CCc4c(nc(N5CCOCC5)[nH]c4=O)C3)ccc2n1C. The molecule has 156 valence electrons. The van der Waals surface area contributed by atoms with Gasteiger partial charge in [-0.1, -0.05) is 0 Å². The standard InChI is InChI=1S/C21H24N6O3/c1-13-22-16-11-14(3-4-18(16)25(13)2)20(29)27-6-5-15-17(12-27)23-21(24-19(15)28)26-7-9-30-10-8-26/h3-4,11H,5-10,12H2,1-2H3,(H,23,24,28). The number of imidazole rings is 1. The molecule has 1 fully saturated rings.